The maximum Gasteiger partial charge on any atom is 0.330 e. The number of rotatable bonds is 6. The van der Waals surface area contributed by atoms with Crippen LogP contribution in [0.4, 0.5) is 0 Å². The van der Waals surface area contributed by atoms with Gasteiger partial charge in [-0.1, -0.05) is 19.9 Å². The minimum absolute atomic E-state index is 0.176. The number of unbranched alkanes of at least 4 members (excludes halogenated alkanes) is 1. The van der Waals surface area contributed by atoms with Gasteiger partial charge in [0.2, 0.25) is 0 Å². The second kappa shape index (κ2) is 8.44. The van der Waals surface area contributed by atoms with E-state index in [1.54, 1.807) is 0 Å². The van der Waals surface area contributed by atoms with E-state index in [0.29, 0.717) is 6.10 Å². The fourth-order valence-electron chi connectivity index (χ4n) is 0.625. The Kier molecular flexibility index (Phi) is 7.95. The average molecular weight is 216 g/mol. The SMILES string of the molecule is C=C(C)C(=O)O.CCCCOCC1CO1. The number of hydrogen-bond acceptors (Lipinski definition) is 3. The number of ether oxygens (including phenoxy) is 2. The molecule has 0 aromatic carbocycles. The molecule has 1 atom stereocenters. The van der Waals surface area contributed by atoms with Crippen molar-refractivity contribution < 1.29 is 19.4 Å². The first-order chi connectivity index (χ1) is 7.07. The highest BCUT2D eigenvalue weighted by atomic mass is 16.6. The van der Waals surface area contributed by atoms with Crippen molar-refractivity contribution in [2.24, 2.45) is 0 Å². The third-order valence-corrected chi connectivity index (χ3v) is 1.71. The summed E-state index contributed by atoms with van der Waals surface area (Å²) < 4.78 is 10.2. The van der Waals surface area contributed by atoms with Crippen molar-refractivity contribution in [2.45, 2.75) is 32.8 Å². The molecule has 0 bridgehead atoms. The Balaban J connectivity index is 0.000000288. The molecule has 4 nitrogen and oxygen atoms in total. The Labute approximate surface area is 90.9 Å². The molecule has 1 rings (SSSR count). The van der Waals surface area contributed by atoms with Gasteiger partial charge in [-0.2, -0.15) is 0 Å². The van der Waals surface area contributed by atoms with Crippen molar-refractivity contribution in [3.05, 3.63) is 12.2 Å². The molecular weight excluding hydrogens is 196 g/mol. The predicted octanol–water partition coefficient (Wildman–Crippen LogP) is 1.85. The smallest absolute Gasteiger partial charge is 0.330 e. The number of carbonyl (C=O) groups is 1. The zero-order chi connectivity index (χ0) is 11.7. The van der Waals surface area contributed by atoms with Gasteiger partial charge in [0, 0.05) is 12.2 Å². The Morgan fingerprint density at radius 1 is 1.67 bits per heavy atom. The van der Waals surface area contributed by atoms with Crippen LogP contribution in [0.15, 0.2) is 12.2 Å². The van der Waals surface area contributed by atoms with Gasteiger partial charge in [0.05, 0.1) is 13.2 Å². The summed E-state index contributed by atoms with van der Waals surface area (Å²) >= 11 is 0. The largest absolute Gasteiger partial charge is 0.478 e. The molecule has 4 heteroatoms. The highest BCUT2D eigenvalue weighted by Gasteiger charge is 2.21. The second-order valence-electron chi connectivity index (χ2n) is 3.47. The van der Waals surface area contributed by atoms with Crippen LogP contribution in [0.3, 0.4) is 0 Å². The zero-order valence-electron chi connectivity index (χ0n) is 9.49. The third-order valence-electron chi connectivity index (χ3n) is 1.71. The van der Waals surface area contributed by atoms with Crippen LogP contribution in [0.2, 0.25) is 0 Å². The van der Waals surface area contributed by atoms with E-state index in [1.807, 2.05) is 0 Å². The molecule has 15 heavy (non-hydrogen) atoms. The molecule has 1 aliphatic heterocycles. The lowest BCUT2D eigenvalue weighted by atomic mass is 10.4. The van der Waals surface area contributed by atoms with E-state index < -0.39 is 5.97 Å². The van der Waals surface area contributed by atoms with Crippen LogP contribution < -0.4 is 0 Å². The highest BCUT2D eigenvalue weighted by molar-refractivity contribution is 5.84. The van der Waals surface area contributed by atoms with Crippen LogP contribution in [-0.4, -0.2) is 37.0 Å². The minimum atomic E-state index is -0.935. The topological polar surface area (TPSA) is 59.1 Å². The van der Waals surface area contributed by atoms with Gasteiger partial charge < -0.3 is 14.6 Å². The number of carboxylic acid groups (broad SMARTS) is 1. The van der Waals surface area contributed by atoms with E-state index in [0.717, 1.165) is 19.8 Å². The molecule has 0 radical (unpaired) electrons. The fraction of sp³-hybridized carbons (Fsp3) is 0.727. The monoisotopic (exact) mass is 216 g/mol. The Bertz CT molecular complexity index is 185. The molecule has 0 aromatic rings. The van der Waals surface area contributed by atoms with E-state index in [4.69, 9.17) is 14.6 Å². The quantitative estimate of drug-likeness (QED) is 0.418. The fourth-order valence-corrected chi connectivity index (χ4v) is 0.625. The van der Waals surface area contributed by atoms with E-state index >= 15 is 0 Å². The summed E-state index contributed by atoms with van der Waals surface area (Å²) in [5.74, 6) is -0.935. The maximum absolute atomic E-state index is 9.60. The van der Waals surface area contributed by atoms with Crippen molar-refractivity contribution in [2.75, 3.05) is 19.8 Å². The summed E-state index contributed by atoms with van der Waals surface area (Å²) in [6, 6.07) is 0. The van der Waals surface area contributed by atoms with Crippen LogP contribution in [-0.2, 0) is 14.3 Å². The van der Waals surface area contributed by atoms with Crippen molar-refractivity contribution in [3.8, 4) is 0 Å². The van der Waals surface area contributed by atoms with E-state index in [9.17, 15) is 4.79 Å². The number of aliphatic carboxylic acids is 1. The maximum atomic E-state index is 9.60. The first-order valence-corrected chi connectivity index (χ1v) is 5.16. The predicted molar refractivity (Wildman–Crippen MR) is 57.9 cm³/mol. The van der Waals surface area contributed by atoms with Gasteiger partial charge in [-0.15, -0.1) is 0 Å². The van der Waals surface area contributed by atoms with Gasteiger partial charge >= 0.3 is 5.97 Å². The lowest BCUT2D eigenvalue weighted by Gasteiger charge is -1.97. The van der Waals surface area contributed by atoms with Crippen molar-refractivity contribution in [1.29, 1.82) is 0 Å². The Hall–Kier alpha value is -0.870. The van der Waals surface area contributed by atoms with Gasteiger partial charge in [-0.3, -0.25) is 0 Å². The lowest BCUT2D eigenvalue weighted by molar-refractivity contribution is -0.132. The van der Waals surface area contributed by atoms with E-state index in [1.165, 1.54) is 19.8 Å². The molecule has 0 aliphatic carbocycles. The molecule has 1 fully saturated rings. The molecule has 0 aromatic heterocycles. The molecule has 88 valence electrons. The minimum Gasteiger partial charge on any atom is -0.478 e. The zero-order valence-corrected chi connectivity index (χ0v) is 9.49. The number of carboxylic acids is 1. The van der Waals surface area contributed by atoms with Crippen LogP contribution in [0, 0.1) is 0 Å². The summed E-state index contributed by atoms with van der Waals surface area (Å²) in [6.45, 7) is 9.38. The molecule has 1 aliphatic rings. The van der Waals surface area contributed by atoms with Gasteiger partial charge in [0.25, 0.3) is 0 Å². The number of hydrogen-bond donors (Lipinski definition) is 1. The first kappa shape index (κ1) is 14.1. The standard InChI is InChI=1S/C7H14O2.C4H6O2/c1-2-3-4-8-5-7-6-9-7;1-3(2)4(5)6/h7H,2-6H2,1H3;1H2,2H3,(H,5,6). The van der Waals surface area contributed by atoms with Gasteiger partial charge in [-0.25, -0.2) is 4.79 Å². The average Bonchev–Trinajstić information content (AvgIpc) is 2.97. The van der Waals surface area contributed by atoms with Gasteiger partial charge in [0.15, 0.2) is 0 Å². The van der Waals surface area contributed by atoms with Crippen molar-refractivity contribution >= 4 is 5.97 Å². The molecule has 0 amide bonds. The lowest BCUT2D eigenvalue weighted by Crippen LogP contribution is -2.01. The van der Waals surface area contributed by atoms with Crippen molar-refractivity contribution in [1.82, 2.24) is 0 Å². The van der Waals surface area contributed by atoms with Crippen LogP contribution in [0.5, 0.6) is 0 Å². The van der Waals surface area contributed by atoms with Gasteiger partial charge in [-0.05, 0) is 13.3 Å². The van der Waals surface area contributed by atoms with E-state index in [-0.39, 0.29) is 5.57 Å². The first-order valence-electron chi connectivity index (χ1n) is 5.16. The summed E-state index contributed by atoms with van der Waals surface area (Å²) in [5.41, 5.74) is 0.176. The Morgan fingerprint density at radius 2 is 2.20 bits per heavy atom. The van der Waals surface area contributed by atoms with Crippen LogP contribution in [0.1, 0.15) is 26.7 Å². The number of epoxide rings is 1. The molecule has 0 spiro atoms. The summed E-state index contributed by atoms with van der Waals surface area (Å²) in [7, 11) is 0. The third kappa shape index (κ3) is 11.1. The van der Waals surface area contributed by atoms with Crippen molar-refractivity contribution in [3.63, 3.8) is 0 Å². The molecule has 1 N–H and O–H groups in total. The van der Waals surface area contributed by atoms with Crippen LogP contribution in [0.25, 0.3) is 0 Å². The molecule has 0 saturated carbocycles. The van der Waals surface area contributed by atoms with E-state index in [2.05, 4.69) is 13.5 Å². The Morgan fingerprint density at radius 3 is 2.53 bits per heavy atom. The summed E-state index contributed by atoms with van der Waals surface area (Å²) in [6.07, 6.45) is 2.82. The molecular formula is C11H20O4. The molecule has 1 heterocycles. The molecule has 1 saturated heterocycles. The van der Waals surface area contributed by atoms with Crippen LogP contribution >= 0.6 is 0 Å². The summed E-state index contributed by atoms with van der Waals surface area (Å²) in [5, 5.41) is 7.89. The second-order valence-corrected chi connectivity index (χ2v) is 3.47. The van der Waals surface area contributed by atoms with Gasteiger partial charge in [0.1, 0.15) is 6.10 Å². The highest BCUT2D eigenvalue weighted by Crippen LogP contribution is 2.08. The summed E-state index contributed by atoms with van der Waals surface area (Å²) in [4.78, 5) is 9.60. The molecule has 1 unspecified atom stereocenters. The normalized spacial score (nSPS) is 17.6.